The van der Waals surface area contributed by atoms with E-state index in [1.54, 1.807) is 12.1 Å². The maximum atomic E-state index is 13.2. The lowest BCUT2D eigenvalue weighted by Crippen LogP contribution is -2.53. The van der Waals surface area contributed by atoms with Crippen molar-refractivity contribution in [3.05, 3.63) is 107 Å². The van der Waals surface area contributed by atoms with Gasteiger partial charge in [0.15, 0.2) is 0 Å². The van der Waals surface area contributed by atoms with Crippen molar-refractivity contribution in [2.24, 2.45) is 5.73 Å². The summed E-state index contributed by atoms with van der Waals surface area (Å²) in [4.78, 5) is 25.7. The fraction of sp³-hybridized carbons (Fsp3) is 0.355. The van der Waals surface area contributed by atoms with Crippen LogP contribution in [0.15, 0.2) is 84.9 Å². The molecule has 3 rings (SSSR count). The van der Waals surface area contributed by atoms with Crippen molar-refractivity contribution in [2.45, 2.75) is 50.7 Å². The van der Waals surface area contributed by atoms with Gasteiger partial charge >= 0.3 is 6.03 Å². The highest BCUT2D eigenvalue weighted by Crippen LogP contribution is 2.08. The number of nitrogens with two attached hydrogens (primary N) is 1. The molecule has 0 aliphatic carbocycles. The number of hydrogen-bond donors (Lipinski definition) is 5. The second-order valence-corrected chi connectivity index (χ2v) is 9.61. The summed E-state index contributed by atoms with van der Waals surface area (Å²) in [5, 5.41) is 12.4. The third-order valence-corrected chi connectivity index (χ3v) is 6.46. The van der Waals surface area contributed by atoms with Gasteiger partial charge in [0.05, 0.1) is 6.04 Å². The van der Waals surface area contributed by atoms with E-state index in [1.807, 2.05) is 60.7 Å². The lowest BCUT2D eigenvalue weighted by Gasteiger charge is -2.26. The number of unbranched alkanes of at least 4 members (excludes halogenated alkanes) is 1. The van der Waals surface area contributed by atoms with E-state index in [-0.39, 0.29) is 48.6 Å². The van der Waals surface area contributed by atoms with E-state index in [9.17, 15) is 14.0 Å². The highest BCUT2D eigenvalue weighted by atomic mass is 35.5. The molecule has 7 nitrogen and oxygen atoms in total. The van der Waals surface area contributed by atoms with Gasteiger partial charge in [0, 0.05) is 25.7 Å². The molecule has 6 N–H and O–H groups in total. The van der Waals surface area contributed by atoms with Crippen LogP contribution in [-0.4, -0.2) is 43.7 Å². The largest absolute Gasteiger partial charge is 0.351 e. The molecule has 0 saturated heterocycles. The first-order chi connectivity index (χ1) is 19.0. The van der Waals surface area contributed by atoms with Gasteiger partial charge in [-0.1, -0.05) is 79.2 Å². The molecule has 41 heavy (non-hydrogen) atoms. The van der Waals surface area contributed by atoms with Crippen molar-refractivity contribution in [1.29, 1.82) is 0 Å². The number of benzene rings is 3. The van der Waals surface area contributed by atoms with E-state index in [4.69, 9.17) is 5.73 Å². The Morgan fingerprint density at radius 2 is 1.39 bits per heavy atom. The highest BCUT2D eigenvalue weighted by molar-refractivity contribution is 5.85. The van der Waals surface area contributed by atoms with E-state index >= 15 is 0 Å². The van der Waals surface area contributed by atoms with Gasteiger partial charge in [-0.15, -0.1) is 24.8 Å². The Hall–Kier alpha value is -3.17. The Morgan fingerprint density at radius 3 is 2.02 bits per heavy atom. The molecule has 2 atom stereocenters. The minimum atomic E-state index is -0.419. The quantitative estimate of drug-likeness (QED) is 0.155. The first-order valence-electron chi connectivity index (χ1n) is 13.6. The molecule has 0 unspecified atom stereocenters. The van der Waals surface area contributed by atoms with Crippen molar-refractivity contribution in [2.75, 3.05) is 19.6 Å². The molecule has 0 aromatic heterocycles. The molecule has 0 saturated carbocycles. The normalized spacial score (nSPS) is 11.8. The van der Waals surface area contributed by atoms with Gasteiger partial charge in [-0.25, -0.2) is 9.18 Å². The van der Waals surface area contributed by atoms with E-state index in [0.717, 1.165) is 29.5 Å². The summed E-state index contributed by atoms with van der Waals surface area (Å²) < 4.78 is 13.1. The van der Waals surface area contributed by atoms with Crippen LogP contribution in [-0.2, 0) is 24.2 Å². The molecule has 0 heterocycles. The molecular formula is C31H42Cl2FN5O2. The first-order valence-corrected chi connectivity index (χ1v) is 13.6. The van der Waals surface area contributed by atoms with Gasteiger partial charge < -0.3 is 27.0 Å². The van der Waals surface area contributed by atoms with E-state index in [1.165, 1.54) is 12.1 Å². The van der Waals surface area contributed by atoms with Crippen molar-refractivity contribution in [1.82, 2.24) is 21.3 Å². The number of carbonyl (C=O) groups is 2. The third kappa shape index (κ3) is 14.3. The first kappa shape index (κ1) is 35.9. The van der Waals surface area contributed by atoms with Crippen LogP contribution in [0.5, 0.6) is 0 Å². The highest BCUT2D eigenvalue weighted by Gasteiger charge is 2.22. The average molecular weight is 607 g/mol. The van der Waals surface area contributed by atoms with Crippen molar-refractivity contribution < 1.29 is 14.0 Å². The molecule has 224 valence electrons. The zero-order chi connectivity index (χ0) is 27.7. The predicted octanol–water partition coefficient (Wildman–Crippen LogP) is 4.53. The van der Waals surface area contributed by atoms with E-state index in [0.29, 0.717) is 45.4 Å². The van der Waals surface area contributed by atoms with Gasteiger partial charge in [-0.05, 0) is 61.1 Å². The predicted molar refractivity (Wildman–Crippen MR) is 168 cm³/mol. The molecule has 0 spiro atoms. The Labute approximate surface area is 255 Å². The lowest BCUT2D eigenvalue weighted by molar-refractivity contribution is -0.123. The molecular weight excluding hydrogens is 564 g/mol. The van der Waals surface area contributed by atoms with Gasteiger partial charge in [0.1, 0.15) is 5.82 Å². The number of urea groups is 1. The number of hydrogen-bond acceptors (Lipinski definition) is 4. The van der Waals surface area contributed by atoms with E-state index in [2.05, 4.69) is 21.3 Å². The molecule has 3 aromatic carbocycles. The number of amides is 3. The Bertz CT molecular complexity index is 1120. The lowest BCUT2D eigenvalue weighted by atomic mass is 10.0. The van der Waals surface area contributed by atoms with Crippen LogP contribution in [0.2, 0.25) is 0 Å². The van der Waals surface area contributed by atoms with Crippen LogP contribution in [0.25, 0.3) is 0 Å². The molecule has 0 aliphatic rings. The van der Waals surface area contributed by atoms with Crippen molar-refractivity contribution in [3.8, 4) is 0 Å². The molecule has 0 radical (unpaired) electrons. The zero-order valence-electron chi connectivity index (χ0n) is 23.2. The van der Waals surface area contributed by atoms with Crippen LogP contribution >= 0.6 is 24.8 Å². The summed E-state index contributed by atoms with van der Waals surface area (Å²) in [6.07, 6.45) is 3.55. The summed E-state index contributed by atoms with van der Waals surface area (Å²) in [5.74, 6) is -0.353. The number of nitrogens with one attached hydrogen (secondary N) is 4. The topological polar surface area (TPSA) is 108 Å². The third-order valence-electron chi connectivity index (χ3n) is 6.46. The van der Waals surface area contributed by atoms with Crippen LogP contribution in [0.3, 0.4) is 0 Å². The minimum absolute atomic E-state index is 0. The number of halogens is 3. The van der Waals surface area contributed by atoms with Crippen LogP contribution in [0, 0.1) is 5.82 Å². The van der Waals surface area contributed by atoms with Crippen LogP contribution < -0.4 is 27.0 Å². The monoisotopic (exact) mass is 605 g/mol. The van der Waals surface area contributed by atoms with Crippen molar-refractivity contribution >= 4 is 36.8 Å². The SMILES string of the molecule is Cl.Cl.NCCCC[C@H](N[C@@H](CNC(=O)NCCc1ccc(F)cc1)Cc1ccccc1)C(=O)NCc1ccccc1. The second-order valence-electron chi connectivity index (χ2n) is 9.61. The van der Waals surface area contributed by atoms with Gasteiger partial charge in [-0.2, -0.15) is 0 Å². The van der Waals surface area contributed by atoms with Gasteiger partial charge in [0.25, 0.3) is 0 Å². The molecule has 3 amide bonds. The maximum Gasteiger partial charge on any atom is 0.314 e. The standard InChI is InChI=1S/C31H40FN5O2.2ClH/c32-27-16-14-24(15-17-27)18-20-34-31(39)36-23-28(21-25-9-3-1-4-10-25)37-29(13-7-8-19-33)30(38)35-22-26-11-5-2-6-12-26;;/h1-6,9-12,14-17,28-29,37H,7-8,13,18-23,33H2,(H,35,38)(H2,34,36,39);2*1H/t28-,29+;;/m1../s1. The number of carbonyl (C=O) groups excluding carboxylic acids is 2. The van der Waals surface area contributed by atoms with Crippen LogP contribution in [0.1, 0.15) is 36.0 Å². The Morgan fingerprint density at radius 1 is 0.756 bits per heavy atom. The average Bonchev–Trinajstić information content (AvgIpc) is 2.96. The summed E-state index contributed by atoms with van der Waals surface area (Å²) >= 11 is 0. The van der Waals surface area contributed by atoms with Crippen molar-refractivity contribution in [3.63, 3.8) is 0 Å². The summed E-state index contributed by atoms with van der Waals surface area (Å²) in [6, 6.07) is 25.2. The molecule has 0 bridgehead atoms. The Kier molecular flexibility index (Phi) is 18.1. The maximum absolute atomic E-state index is 13.2. The second kappa shape index (κ2) is 20.7. The minimum Gasteiger partial charge on any atom is -0.351 e. The van der Waals surface area contributed by atoms with Crippen LogP contribution in [0.4, 0.5) is 9.18 Å². The summed E-state index contributed by atoms with van der Waals surface area (Å²) in [5.41, 5.74) is 8.79. The smallest absolute Gasteiger partial charge is 0.314 e. The number of rotatable bonds is 16. The summed E-state index contributed by atoms with van der Waals surface area (Å²) in [7, 11) is 0. The fourth-order valence-corrected chi connectivity index (χ4v) is 4.31. The molecule has 0 fully saturated rings. The van der Waals surface area contributed by atoms with Gasteiger partial charge in [-0.3, -0.25) is 4.79 Å². The molecule has 3 aromatic rings. The van der Waals surface area contributed by atoms with Gasteiger partial charge in [0.2, 0.25) is 5.91 Å². The van der Waals surface area contributed by atoms with E-state index < -0.39 is 6.04 Å². The summed E-state index contributed by atoms with van der Waals surface area (Å²) in [6.45, 7) is 1.80. The molecule has 10 heteroatoms. The Balaban J connectivity index is 0.00000420. The zero-order valence-corrected chi connectivity index (χ0v) is 24.8. The molecule has 0 aliphatic heterocycles. The fourth-order valence-electron chi connectivity index (χ4n) is 4.31.